The van der Waals surface area contributed by atoms with Gasteiger partial charge in [-0.2, -0.15) is 4.79 Å². The summed E-state index contributed by atoms with van der Waals surface area (Å²) in [5.41, 5.74) is 0. The van der Waals surface area contributed by atoms with E-state index in [0.29, 0.717) is 0 Å². The molecule has 0 saturated heterocycles. The predicted molar refractivity (Wildman–Crippen MR) is 36.1 cm³/mol. The topological polar surface area (TPSA) is 249 Å². The summed E-state index contributed by atoms with van der Waals surface area (Å²) in [7, 11) is 0. The Kier molecular flexibility index (Phi) is 333. The number of carbonyl (C=O) groups excluding carboxylic acids is 2. The van der Waals surface area contributed by atoms with Crippen molar-refractivity contribution in [1.29, 1.82) is 0 Å². The van der Waals surface area contributed by atoms with Gasteiger partial charge >= 0.3 is 6.16 Å². The van der Waals surface area contributed by atoms with Crippen molar-refractivity contribution >= 4 is 12.6 Å². The first-order chi connectivity index (χ1) is 4.31. The Labute approximate surface area is 170 Å². The first kappa shape index (κ1) is 86.0. The minimum atomic E-state index is -1.53. The molecule has 0 atom stereocenters. The van der Waals surface area contributed by atoms with Crippen LogP contribution in [0.2, 0.25) is 0 Å². The second-order valence-corrected chi connectivity index (χ2v) is 0.658. The summed E-state index contributed by atoms with van der Waals surface area (Å²) in [5, 5.41) is 10.2. The molecular formula is C2H11O12Zn5-. The van der Waals surface area contributed by atoms with Gasteiger partial charge < -0.3 is 37.1 Å². The van der Waals surface area contributed by atoms with E-state index in [1.807, 2.05) is 0 Å². The van der Waals surface area contributed by atoms with Crippen LogP contribution < -0.4 is 0 Å². The number of rotatable bonds is 3. The van der Waals surface area contributed by atoms with Crippen molar-refractivity contribution in [2.45, 2.75) is 0 Å². The summed E-state index contributed by atoms with van der Waals surface area (Å²) < 4.78 is 0. The van der Waals surface area contributed by atoms with Crippen LogP contribution in [0.5, 0.6) is 0 Å². The van der Waals surface area contributed by atoms with Crippen LogP contribution in [0.3, 0.4) is 0 Å². The maximum atomic E-state index is 9.77. The van der Waals surface area contributed by atoms with E-state index in [2.05, 4.69) is 19.7 Å². The molecule has 11 N–H and O–H groups in total. The fraction of sp³-hybridized carbons (Fsp3) is 0. The van der Waals surface area contributed by atoms with Crippen LogP contribution >= 0.6 is 0 Å². The molecule has 0 heterocycles. The molecule has 0 saturated carbocycles. The van der Waals surface area contributed by atoms with E-state index >= 15 is 0 Å². The van der Waals surface area contributed by atoms with E-state index in [1.165, 1.54) is 0 Å². The van der Waals surface area contributed by atoms with E-state index in [9.17, 15) is 4.79 Å². The van der Waals surface area contributed by atoms with Crippen LogP contribution in [0.1, 0.15) is 0 Å². The van der Waals surface area contributed by atoms with Crippen LogP contribution in [-0.2, 0) is 122 Å². The summed E-state index contributed by atoms with van der Waals surface area (Å²) in [5.74, 6) is 0. The molecule has 19 heavy (non-hydrogen) atoms. The second kappa shape index (κ2) is 73.7. The summed E-state index contributed by atoms with van der Waals surface area (Å²) in [6, 6.07) is 0. The molecule has 0 amide bonds. The predicted octanol–water partition coefficient (Wildman–Crippen LogP) is -4.59. The van der Waals surface area contributed by atoms with E-state index in [0.717, 1.165) is 6.47 Å². The van der Waals surface area contributed by atoms with Gasteiger partial charge in [-0.25, -0.2) is 15.0 Å². The fourth-order valence-electron chi connectivity index (χ4n) is 0.0953. The molecule has 0 aliphatic heterocycles. The van der Waals surface area contributed by atoms with Crippen LogP contribution in [0.25, 0.3) is 0 Å². The molecule has 0 aliphatic carbocycles. The Bertz CT molecular complexity index is 114. The third-order valence-corrected chi connectivity index (χ3v) is 0.249. The Balaban J connectivity index is -0.00000000711. The van der Waals surface area contributed by atoms with Gasteiger partial charge in [0.1, 0.15) is 0 Å². The normalized spacial score (nSPS) is 3.63. The molecule has 0 spiro atoms. The zero-order valence-corrected chi connectivity index (χ0v) is 24.8. The van der Waals surface area contributed by atoms with Crippen molar-refractivity contribution in [1.82, 2.24) is 0 Å². The number of carbonyl (C=O) groups is 1. The average molecular weight is 554 g/mol. The van der Waals surface area contributed by atoms with E-state index in [4.69, 9.17) is 10.1 Å². The molecule has 0 unspecified atom stereocenters. The molecule has 17 heteroatoms. The van der Waals surface area contributed by atoms with Gasteiger partial charge in [0.05, 0.1) is 0 Å². The van der Waals surface area contributed by atoms with Crippen LogP contribution in [0.15, 0.2) is 0 Å². The molecule has 0 aliphatic rings. The molecule has 102 valence electrons. The fourth-order valence-corrected chi connectivity index (χ4v) is 0.0953. The monoisotopic (exact) mass is 547 g/mol. The van der Waals surface area contributed by atoms with Crippen molar-refractivity contribution in [2.24, 2.45) is 0 Å². The first-order valence-corrected chi connectivity index (χ1v) is 1.54. The molecule has 0 fully saturated rings. The molecule has 0 aromatic rings. The van der Waals surface area contributed by atoms with Gasteiger partial charge in [0.25, 0.3) is 0 Å². The van der Waals surface area contributed by atoms with Gasteiger partial charge in [0.15, 0.2) is 0 Å². The molecule has 0 bridgehead atoms. The standard InChI is InChI=1S/C2HO7.5H2O.5Zn/c3-1-6-7-2(4)8-9-5;;;;;;;;;;/h5H;5*1H2;;;;;/q-1;;;;;;;;;;. The van der Waals surface area contributed by atoms with Gasteiger partial charge in [-0.3, -0.25) is 0 Å². The van der Waals surface area contributed by atoms with Gasteiger partial charge in [-0.15, -0.1) is 0 Å². The van der Waals surface area contributed by atoms with Crippen LogP contribution in [-0.4, -0.2) is 45.3 Å². The van der Waals surface area contributed by atoms with Crippen molar-refractivity contribution in [3.05, 3.63) is 0 Å². The molecule has 0 rings (SSSR count). The van der Waals surface area contributed by atoms with Crippen molar-refractivity contribution in [2.75, 3.05) is 0 Å². The molecule has 0 radical (unpaired) electrons. The third-order valence-electron chi connectivity index (χ3n) is 0.249. The van der Waals surface area contributed by atoms with Crippen molar-refractivity contribution in [3.8, 4) is 0 Å². The van der Waals surface area contributed by atoms with E-state index in [1.54, 1.807) is 0 Å². The minimum absolute atomic E-state index is 0. The number of hydrogen-bond donors (Lipinski definition) is 1. The SMILES string of the molecule is O.O.O.O.O.O=[C-]OOC(=O)OOO.[Zn].[Zn].[Zn].[Zn].[Zn]. The first-order valence-electron chi connectivity index (χ1n) is 1.54. The zero-order valence-electron chi connectivity index (χ0n) is 9.93. The van der Waals surface area contributed by atoms with Crippen LogP contribution in [0, 0.1) is 0 Å². The number of hydrogen-bond acceptors (Lipinski definition) is 7. The summed E-state index contributed by atoms with van der Waals surface area (Å²) in [4.78, 5) is 28.8. The van der Waals surface area contributed by atoms with Gasteiger partial charge in [0.2, 0.25) is 0 Å². The molecule has 12 nitrogen and oxygen atoms in total. The maximum Gasteiger partial charge on any atom is 0.581 e. The maximum absolute atomic E-state index is 9.77. The largest absolute Gasteiger partial charge is 0.581 e. The van der Waals surface area contributed by atoms with Gasteiger partial charge in [-0.05, 0) is 11.5 Å². The second-order valence-electron chi connectivity index (χ2n) is 0.658. The van der Waals surface area contributed by atoms with Gasteiger partial charge in [0, 0.05) is 97.4 Å². The summed E-state index contributed by atoms with van der Waals surface area (Å²) in [6.07, 6.45) is -1.53. The molecule has 0 aromatic carbocycles. The van der Waals surface area contributed by atoms with Crippen molar-refractivity contribution < 1.29 is 159 Å². The van der Waals surface area contributed by atoms with E-state index < -0.39 is 6.16 Å². The Hall–Kier alpha value is 1.58. The van der Waals surface area contributed by atoms with Crippen molar-refractivity contribution in [3.63, 3.8) is 0 Å². The van der Waals surface area contributed by atoms with Gasteiger partial charge in [-0.1, -0.05) is 0 Å². The Morgan fingerprint density at radius 2 is 1.11 bits per heavy atom. The third kappa shape index (κ3) is 82.2. The average Bonchev–Trinajstić information content (AvgIpc) is 1.85. The van der Waals surface area contributed by atoms with Crippen LogP contribution in [0.4, 0.5) is 4.79 Å². The Morgan fingerprint density at radius 3 is 1.32 bits per heavy atom. The molecular weight excluding hydrogens is 543 g/mol. The molecule has 0 aromatic heterocycles. The smallest absolute Gasteiger partial charge is 0.494 e. The minimum Gasteiger partial charge on any atom is -0.494 e. The zero-order chi connectivity index (χ0) is 7.11. The van der Waals surface area contributed by atoms with E-state index in [-0.39, 0.29) is 125 Å². The summed E-state index contributed by atoms with van der Waals surface area (Å²) >= 11 is 0. The Morgan fingerprint density at radius 1 is 0.789 bits per heavy atom. The quantitative estimate of drug-likeness (QED) is 0.155. The summed E-state index contributed by atoms with van der Waals surface area (Å²) in [6.45, 7) is 0.747.